The Hall–Kier alpha value is -5.83. The van der Waals surface area contributed by atoms with Crippen molar-refractivity contribution in [2.75, 3.05) is 0 Å². The average Bonchev–Trinajstić information content (AvgIpc) is 3.73. The molecule has 2 aromatic heterocycles. The van der Waals surface area contributed by atoms with Gasteiger partial charge in [-0.05, 0) is 55.5 Å². The first kappa shape index (κ1) is 33.7. The summed E-state index contributed by atoms with van der Waals surface area (Å²) in [6, 6.07) is 53.1. The summed E-state index contributed by atoms with van der Waals surface area (Å²) in [6.07, 6.45) is 1.88. The molecule has 0 aliphatic carbocycles. The van der Waals surface area contributed by atoms with Crippen molar-refractivity contribution >= 4 is 55.5 Å². The molecule has 55 heavy (non-hydrogen) atoms. The molecule has 9 aromatic rings. The molecule has 0 atom stereocenters. The first-order valence-electron chi connectivity index (χ1n) is 18.7. The van der Waals surface area contributed by atoms with Gasteiger partial charge in [-0.2, -0.15) is 0 Å². The monoisotopic (exact) mass is 884 g/mol. The third kappa shape index (κ3) is 4.94. The Morgan fingerprint density at radius 1 is 0.582 bits per heavy atom. The fourth-order valence-electron chi connectivity index (χ4n) is 9.15. The summed E-state index contributed by atoms with van der Waals surface area (Å²) in [5, 5.41) is 17.8. The van der Waals surface area contributed by atoms with Crippen LogP contribution < -0.4 is 16.4 Å². The van der Waals surface area contributed by atoms with Crippen molar-refractivity contribution in [3.63, 3.8) is 0 Å². The molecule has 3 nitrogen and oxygen atoms in total. The number of nitrogens with zero attached hydrogens (tertiary/aromatic N) is 2. The Bertz CT molecular complexity index is 3060. The fraction of sp³-hybridized carbons (Fsp3) is 0.0800. The molecule has 2 aliphatic rings. The predicted octanol–water partition coefficient (Wildman–Crippen LogP) is 10.2. The molecule has 5 heteroatoms. The van der Waals surface area contributed by atoms with Crippen molar-refractivity contribution in [2.45, 2.75) is 26.2 Å². The Kier molecular flexibility index (Phi) is 7.57. The van der Waals surface area contributed by atoms with Crippen molar-refractivity contribution in [1.82, 2.24) is 9.97 Å². The summed E-state index contributed by atoms with van der Waals surface area (Å²) in [6.45, 7) is 6.80. The van der Waals surface area contributed by atoms with E-state index in [1.807, 2.05) is 12.3 Å². The molecule has 11 rings (SSSR count). The van der Waals surface area contributed by atoms with Crippen LogP contribution in [0, 0.1) is 6.07 Å². The van der Waals surface area contributed by atoms with Gasteiger partial charge in [0.1, 0.15) is 5.75 Å². The molecule has 0 fully saturated rings. The molecule has 2 aliphatic heterocycles. The van der Waals surface area contributed by atoms with Crippen LogP contribution in [0.4, 0.5) is 0 Å². The SMILES string of the molecule is CC(C)(C)c1cc(-c2cc(-c3ccccc3)ccn2)[c-]c(-c2ccc3c4ccccc4c4c5c6c(c(O)c4c3n2)-c2ccccc2B6c2ccccc2-5)c1.[Pt]. The Labute approximate surface area is 335 Å². The molecule has 0 amide bonds. The van der Waals surface area contributed by atoms with Crippen LogP contribution in [0.15, 0.2) is 146 Å². The number of pyridine rings is 2. The molecule has 1 N–H and O–H groups in total. The van der Waals surface area contributed by atoms with E-state index in [1.165, 1.54) is 33.1 Å². The standard InChI is InChI=1S/C50H34BN2O.Pt/c1-50(2,3)33-26-31(25-32(27-33)42-28-30(23-24-52-42)29-13-5-4-6-14-29)41-22-21-36-34-15-7-8-16-35(34)43-44-37-17-9-11-19-39(37)51-40-20-12-10-18-38(40)45(47(44)51)49(54)46(43)48(36)53-41;/h4-24,26-28,54H,1-3H3;/q-1;. The fourth-order valence-corrected chi connectivity index (χ4v) is 9.15. The van der Waals surface area contributed by atoms with Gasteiger partial charge in [0.05, 0.1) is 10.9 Å². The summed E-state index contributed by atoms with van der Waals surface area (Å²) in [5.41, 5.74) is 15.8. The molecule has 0 radical (unpaired) electrons. The quantitative estimate of drug-likeness (QED) is 0.109. The van der Waals surface area contributed by atoms with Gasteiger partial charge in [0.15, 0.2) is 0 Å². The molecular weight excluding hydrogens is 850 g/mol. The van der Waals surface area contributed by atoms with E-state index in [-0.39, 0.29) is 33.2 Å². The van der Waals surface area contributed by atoms with Crippen LogP contribution in [-0.2, 0) is 26.5 Å². The second-order valence-electron chi connectivity index (χ2n) is 15.8. The Balaban J connectivity index is 0.00000372. The van der Waals surface area contributed by atoms with E-state index in [0.29, 0.717) is 5.75 Å². The zero-order valence-electron chi connectivity index (χ0n) is 30.6. The van der Waals surface area contributed by atoms with Gasteiger partial charge in [0.25, 0.3) is 0 Å². The van der Waals surface area contributed by atoms with Gasteiger partial charge in [-0.25, -0.2) is 0 Å². The van der Waals surface area contributed by atoms with Crippen LogP contribution in [0.25, 0.3) is 88.3 Å². The number of aromatic nitrogens is 2. The maximum Gasteiger partial charge on any atom is 0.244 e. The first-order chi connectivity index (χ1) is 26.3. The third-order valence-electron chi connectivity index (χ3n) is 11.7. The van der Waals surface area contributed by atoms with E-state index < -0.39 is 0 Å². The number of phenolic OH excluding ortho intramolecular Hbond substituents is 1. The number of phenols is 1. The summed E-state index contributed by atoms with van der Waals surface area (Å²) in [4.78, 5) is 10.4. The smallest absolute Gasteiger partial charge is 0.244 e. The number of hydrogen-bond donors (Lipinski definition) is 1. The van der Waals surface area contributed by atoms with Crippen LogP contribution in [0.5, 0.6) is 5.75 Å². The van der Waals surface area contributed by atoms with Crippen molar-refractivity contribution in [3.8, 4) is 61.6 Å². The zero-order valence-corrected chi connectivity index (χ0v) is 32.9. The van der Waals surface area contributed by atoms with Gasteiger partial charge >= 0.3 is 0 Å². The molecule has 0 unspecified atom stereocenters. The van der Waals surface area contributed by atoms with E-state index >= 15 is 0 Å². The zero-order chi connectivity index (χ0) is 36.3. The van der Waals surface area contributed by atoms with Crippen LogP contribution in [0.2, 0.25) is 0 Å². The largest absolute Gasteiger partial charge is 0.507 e. The van der Waals surface area contributed by atoms with E-state index in [0.717, 1.165) is 77.2 Å². The number of benzene rings is 7. The molecule has 0 spiro atoms. The van der Waals surface area contributed by atoms with Crippen molar-refractivity contribution in [2.24, 2.45) is 0 Å². The first-order valence-corrected chi connectivity index (χ1v) is 18.7. The van der Waals surface area contributed by atoms with E-state index in [1.54, 1.807) is 0 Å². The van der Waals surface area contributed by atoms with Gasteiger partial charge in [-0.3, -0.25) is 9.97 Å². The minimum Gasteiger partial charge on any atom is -0.507 e. The normalized spacial score (nSPS) is 12.5. The number of fused-ring (bicyclic) bond motifs is 13. The molecular formula is C50H34BN2OPt-. The third-order valence-corrected chi connectivity index (χ3v) is 11.7. The van der Waals surface area contributed by atoms with E-state index in [9.17, 15) is 5.11 Å². The van der Waals surface area contributed by atoms with Crippen LogP contribution in [0.3, 0.4) is 0 Å². The van der Waals surface area contributed by atoms with Gasteiger partial charge in [0, 0.05) is 55.0 Å². The second kappa shape index (κ2) is 12.3. The van der Waals surface area contributed by atoms with Crippen LogP contribution in [-0.4, -0.2) is 21.8 Å². The van der Waals surface area contributed by atoms with Crippen LogP contribution >= 0.6 is 0 Å². The van der Waals surface area contributed by atoms with Crippen molar-refractivity contribution < 1.29 is 26.2 Å². The van der Waals surface area contributed by atoms with Gasteiger partial charge < -0.3 is 5.11 Å². The maximum atomic E-state index is 12.7. The molecule has 4 heterocycles. The number of hydrogen-bond acceptors (Lipinski definition) is 3. The summed E-state index contributed by atoms with van der Waals surface area (Å²) < 4.78 is 0. The van der Waals surface area contributed by atoms with Crippen molar-refractivity contribution in [3.05, 3.63) is 157 Å². The van der Waals surface area contributed by atoms with Gasteiger partial charge in [-0.1, -0.05) is 164 Å². The molecule has 7 aromatic carbocycles. The molecule has 0 bridgehead atoms. The minimum atomic E-state index is -0.129. The Morgan fingerprint density at radius 3 is 1.95 bits per heavy atom. The maximum absolute atomic E-state index is 12.7. The van der Waals surface area contributed by atoms with Gasteiger partial charge in [0.2, 0.25) is 6.71 Å². The van der Waals surface area contributed by atoms with E-state index in [4.69, 9.17) is 9.97 Å². The van der Waals surface area contributed by atoms with E-state index in [2.05, 4.69) is 160 Å². The average molecular weight is 885 g/mol. The molecule has 0 saturated heterocycles. The number of rotatable bonds is 3. The summed E-state index contributed by atoms with van der Waals surface area (Å²) in [7, 11) is 0. The predicted molar refractivity (Wildman–Crippen MR) is 226 cm³/mol. The van der Waals surface area contributed by atoms with Crippen molar-refractivity contribution in [1.29, 1.82) is 0 Å². The molecule has 264 valence electrons. The second-order valence-corrected chi connectivity index (χ2v) is 15.8. The number of aromatic hydroxyl groups is 1. The Morgan fingerprint density at radius 2 is 1.22 bits per heavy atom. The minimum absolute atomic E-state index is 0. The summed E-state index contributed by atoms with van der Waals surface area (Å²) in [5.74, 6) is 0.307. The van der Waals surface area contributed by atoms with Crippen LogP contribution in [0.1, 0.15) is 26.3 Å². The molecule has 0 saturated carbocycles. The summed E-state index contributed by atoms with van der Waals surface area (Å²) >= 11 is 0. The van der Waals surface area contributed by atoms with Gasteiger partial charge in [-0.15, -0.1) is 23.8 Å². The topological polar surface area (TPSA) is 46.0 Å².